The Labute approximate surface area is 319 Å². The third-order valence-electron chi connectivity index (χ3n) is 7.53. The standard InChI is InChI=1S/C33H27N2O.C11H8N.Ir/c1-21-12-16-26(22(2)18-21)30-19-31(34-20-23(30)3)29-11-7-10-27-28-17-15-25(35-33(28)36-32(27)29)14-13-24-8-5-4-6-9-24;1-2-6-10(7-3-1)11-8-4-5-9-12-11;/h4-10,12,15-20H,13-14H2,1-3H3;1-6,8-9H;/q2*-1;/i1D3,2D3,3D3,13D2,14D2;;. The molecule has 4 heterocycles. The van der Waals surface area contributed by atoms with Gasteiger partial charge in [-0.2, -0.15) is 0 Å². The second-order valence-electron chi connectivity index (χ2n) is 10.7. The molecular weight excluding hydrogens is 779 g/mol. The van der Waals surface area contributed by atoms with E-state index in [4.69, 9.17) is 22.2 Å². The molecule has 0 aliphatic heterocycles. The average molecular weight is 827 g/mol. The fourth-order valence-corrected chi connectivity index (χ4v) is 5.21. The number of fused-ring (bicyclic) bond motifs is 3. The van der Waals surface area contributed by atoms with Crippen LogP contribution in [0.15, 0.2) is 138 Å². The van der Waals surface area contributed by atoms with E-state index in [0.717, 1.165) is 23.5 Å². The van der Waals surface area contributed by atoms with Crippen molar-refractivity contribution in [2.24, 2.45) is 0 Å². The van der Waals surface area contributed by atoms with Gasteiger partial charge in [0.2, 0.25) is 5.71 Å². The Morgan fingerprint density at radius 2 is 1.57 bits per heavy atom. The van der Waals surface area contributed by atoms with Crippen molar-refractivity contribution < 1.29 is 42.3 Å². The van der Waals surface area contributed by atoms with E-state index < -0.39 is 33.3 Å². The average Bonchev–Trinajstić information content (AvgIpc) is 3.62. The van der Waals surface area contributed by atoms with Gasteiger partial charge in [-0.05, 0) is 90.7 Å². The molecule has 4 aromatic heterocycles. The van der Waals surface area contributed by atoms with Crippen LogP contribution in [-0.2, 0) is 32.9 Å². The van der Waals surface area contributed by atoms with Crippen LogP contribution in [0.1, 0.15) is 45.8 Å². The third kappa shape index (κ3) is 7.60. The molecule has 8 aromatic rings. The third-order valence-corrected chi connectivity index (χ3v) is 7.53. The van der Waals surface area contributed by atoms with Gasteiger partial charge in [-0.25, -0.2) is 4.98 Å². The molecule has 0 bridgehead atoms. The Balaban J connectivity index is 0.000000422. The molecule has 0 unspecified atom stereocenters. The van der Waals surface area contributed by atoms with Crippen molar-refractivity contribution >= 4 is 22.1 Å². The molecular formula is C44H35IrN3O-2. The van der Waals surface area contributed by atoms with E-state index >= 15 is 0 Å². The van der Waals surface area contributed by atoms with Crippen LogP contribution in [0.25, 0.3) is 55.7 Å². The van der Waals surface area contributed by atoms with E-state index in [2.05, 4.69) is 27.1 Å². The summed E-state index contributed by atoms with van der Waals surface area (Å²) in [6.07, 6.45) is -2.10. The number of hydrogen-bond acceptors (Lipinski definition) is 4. The molecule has 49 heavy (non-hydrogen) atoms. The first-order valence-electron chi connectivity index (χ1n) is 21.5. The van der Waals surface area contributed by atoms with Gasteiger partial charge >= 0.3 is 0 Å². The number of pyridine rings is 3. The maximum atomic E-state index is 8.73. The molecule has 1 radical (unpaired) electrons. The quantitative estimate of drug-likeness (QED) is 0.157. The predicted octanol–water partition coefficient (Wildman–Crippen LogP) is 10.8. The Bertz CT molecular complexity index is 2790. The molecule has 4 nitrogen and oxygen atoms in total. The first kappa shape index (κ1) is 21.0. The second-order valence-corrected chi connectivity index (χ2v) is 10.7. The maximum absolute atomic E-state index is 8.73. The smallest absolute Gasteiger partial charge is 0.216 e. The number of hydrogen-bond donors (Lipinski definition) is 0. The summed E-state index contributed by atoms with van der Waals surface area (Å²) in [5.74, 6) is 0. The van der Waals surface area contributed by atoms with Crippen LogP contribution in [0.2, 0.25) is 0 Å². The molecule has 4 aromatic carbocycles. The van der Waals surface area contributed by atoms with Gasteiger partial charge < -0.3 is 14.4 Å². The summed E-state index contributed by atoms with van der Waals surface area (Å²) < 4.78 is 113. The van der Waals surface area contributed by atoms with Crippen LogP contribution in [0.3, 0.4) is 0 Å². The van der Waals surface area contributed by atoms with E-state index in [0.29, 0.717) is 10.8 Å². The summed E-state index contributed by atoms with van der Waals surface area (Å²) in [4.78, 5) is 13.0. The minimum absolute atomic E-state index is 0. The van der Waals surface area contributed by atoms with Gasteiger partial charge in [0, 0.05) is 61.4 Å². The molecule has 0 amide bonds. The van der Waals surface area contributed by atoms with Gasteiger partial charge in [-0.15, -0.1) is 54.1 Å². The predicted molar refractivity (Wildman–Crippen MR) is 196 cm³/mol. The Morgan fingerprint density at radius 3 is 2.37 bits per heavy atom. The molecule has 0 spiro atoms. The molecule has 8 rings (SSSR count). The van der Waals surface area contributed by atoms with Crippen LogP contribution in [0.5, 0.6) is 0 Å². The number of rotatable bonds is 6. The van der Waals surface area contributed by atoms with Crippen molar-refractivity contribution in [2.45, 2.75) is 33.3 Å². The number of furan rings is 1. The van der Waals surface area contributed by atoms with Crippen molar-refractivity contribution in [1.82, 2.24) is 15.0 Å². The number of aryl methyl sites for hydroxylation is 5. The van der Waals surface area contributed by atoms with Crippen LogP contribution >= 0.6 is 0 Å². The zero-order valence-corrected chi connectivity index (χ0v) is 28.2. The van der Waals surface area contributed by atoms with Crippen molar-refractivity contribution in [3.8, 4) is 33.6 Å². The van der Waals surface area contributed by atoms with Crippen molar-refractivity contribution in [2.75, 3.05) is 0 Å². The SMILES string of the molecule is [2H]C([2H])([2H])c1ccc(-c2cc(-c3[c-]ccc4c3oc3nc(C([2H])([2H])C([2H])([2H])c5ccccc5)ccc34)ncc2C([2H])([2H])[2H])c(C([2H])([2H])[2H])c1.[Ir].[c-]1ccccc1-c1ccccn1. The van der Waals surface area contributed by atoms with Gasteiger partial charge in [-0.3, -0.25) is 0 Å². The number of aromatic nitrogens is 3. The first-order valence-corrected chi connectivity index (χ1v) is 15.0. The van der Waals surface area contributed by atoms with Gasteiger partial charge in [0.1, 0.15) is 0 Å². The Hall–Kier alpha value is -5.22. The minimum atomic E-state index is -2.79. The van der Waals surface area contributed by atoms with Crippen LogP contribution in [0.4, 0.5) is 0 Å². The summed E-state index contributed by atoms with van der Waals surface area (Å²) in [6.45, 7) is -8.10. The molecule has 5 heteroatoms. The van der Waals surface area contributed by atoms with Gasteiger partial charge in [-0.1, -0.05) is 83.2 Å². The van der Waals surface area contributed by atoms with Crippen molar-refractivity contribution in [3.05, 3.63) is 174 Å². The molecule has 243 valence electrons. The van der Waals surface area contributed by atoms with Gasteiger partial charge in [0.15, 0.2) is 0 Å². The van der Waals surface area contributed by atoms with E-state index in [-0.39, 0.29) is 81.7 Å². The molecule has 0 fully saturated rings. The largest absolute Gasteiger partial charge is 0.486 e. The van der Waals surface area contributed by atoms with Gasteiger partial charge in [0.05, 0.1) is 5.58 Å². The Morgan fingerprint density at radius 1 is 0.694 bits per heavy atom. The number of benzene rings is 4. The summed E-state index contributed by atoms with van der Waals surface area (Å²) in [5.41, 5.74) is 1.85. The maximum Gasteiger partial charge on any atom is 0.216 e. The van der Waals surface area contributed by atoms with Crippen LogP contribution in [0, 0.1) is 32.7 Å². The Kier molecular flexibility index (Phi) is 6.57. The monoisotopic (exact) mass is 827 g/mol. The molecule has 0 saturated carbocycles. The second kappa shape index (κ2) is 15.3. The molecule has 0 N–H and O–H groups in total. The summed E-state index contributed by atoms with van der Waals surface area (Å²) in [7, 11) is 0. The molecule has 0 saturated heterocycles. The molecule has 0 aliphatic rings. The summed E-state index contributed by atoms with van der Waals surface area (Å²) >= 11 is 0. The minimum Gasteiger partial charge on any atom is -0.486 e. The zero-order valence-electron chi connectivity index (χ0n) is 38.8. The van der Waals surface area contributed by atoms with Gasteiger partial charge in [0.25, 0.3) is 0 Å². The van der Waals surface area contributed by atoms with E-state index in [1.54, 1.807) is 42.6 Å². The first-order chi connectivity index (χ1) is 28.7. The van der Waals surface area contributed by atoms with Crippen molar-refractivity contribution in [3.63, 3.8) is 0 Å². The van der Waals surface area contributed by atoms with E-state index in [1.807, 2.05) is 42.5 Å². The topological polar surface area (TPSA) is 51.8 Å². The molecule has 0 aliphatic carbocycles. The fraction of sp³-hybridized carbons (Fsp3) is 0.114. The molecule has 0 atom stereocenters. The van der Waals surface area contributed by atoms with Crippen molar-refractivity contribution in [1.29, 1.82) is 0 Å². The normalized spacial score (nSPS) is 16.0. The number of nitrogens with zero attached hydrogens (tertiary/aromatic N) is 3. The van der Waals surface area contributed by atoms with Crippen LogP contribution < -0.4 is 0 Å². The fourth-order valence-electron chi connectivity index (χ4n) is 5.21. The summed E-state index contributed by atoms with van der Waals surface area (Å²) in [6, 6.07) is 39.1. The van der Waals surface area contributed by atoms with E-state index in [1.165, 1.54) is 36.4 Å². The van der Waals surface area contributed by atoms with Crippen LogP contribution in [-0.4, -0.2) is 15.0 Å². The van der Waals surface area contributed by atoms with E-state index in [9.17, 15) is 0 Å². The zero-order chi connectivity index (χ0) is 44.0. The summed E-state index contributed by atoms with van der Waals surface area (Å²) in [5, 5.41) is 1.04.